The zero-order chi connectivity index (χ0) is 13.7. The van der Waals surface area contributed by atoms with Gasteiger partial charge in [-0.3, -0.25) is 0 Å². The van der Waals surface area contributed by atoms with Crippen molar-refractivity contribution >= 4 is 12.0 Å². The molecule has 0 aromatic heterocycles. The molecule has 0 aliphatic heterocycles. The highest BCUT2D eigenvalue weighted by molar-refractivity contribution is 5.76. The minimum Gasteiger partial charge on any atom is -0.479 e. The molecule has 0 aromatic rings. The molecular formula is C12H22N2O4. The lowest BCUT2D eigenvalue weighted by molar-refractivity contribution is -0.146. The summed E-state index contributed by atoms with van der Waals surface area (Å²) in [5.74, 6) is -0.615. The number of hydrogen-bond donors (Lipinski definition) is 3. The molecule has 2 amide bonds. The van der Waals surface area contributed by atoms with Gasteiger partial charge in [-0.2, -0.15) is 0 Å². The van der Waals surface area contributed by atoms with Crippen LogP contribution in [0.15, 0.2) is 0 Å². The van der Waals surface area contributed by atoms with Crippen LogP contribution in [0.5, 0.6) is 0 Å². The molecule has 1 saturated carbocycles. The van der Waals surface area contributed by atoms with Gasteiger partial charge in [-0.1, -0.05) is 6.92 Å². The topological polar surface area (TPSA) is 89.9 Å². The molecule has 1 rings (SSSR count). The van der Waals surface area contributed by atoms with Gasteiger partial charge in [0.25, 0.3) is 0 Å². The molecule has 104 valence electrons. The lowest BCUT2D eigenvalue weighted by Gasteiger charge is -2.33. The van der Waals surface area contributed by atoms with E-state index in [0.29, 0.717) is 5.92 Å². The number of carboxylic acid groups (broad SMARTS) is 1. The van der Waals surface area contributed by atoms with E-state index in [4.69, 9.17) is 10.2 Å². The van der Waals surface area contributed by atoms with Crippen molar-refractivity contribution in [1.29, 1.82) is 0 Å². The number of amides is 2. The lowest BCUT2D eigenvalue weighted by Crippen LogP contribution is -2.47. The maximum absolute atomic E-state index is 11.8. The number of aliphatic carboxylic acids is 1. The van der Waals surface area contributed by atoms with Crippen molar-refractivity contribution < 1.29 is 19.8 Å². The third-order valence-electron chi connectivity index (χ3n) is 3.59. The molecule has 1 aliphatic rings. The van der Waals surface area contributed by atoms with Gasteiger partial charge in [0.1, 0.15) is 0 Å². The van der Waals surface area contributed by atoms with Gasteiger partial charge in [0, 0.05) is 13.1 Å². The first-order chi connectivity index (χ1) is 8.41. The molecule has 6 heteroatoms. The average Bonchev–Trinajstić information content (AvgIpc) is 2.35. The summed E-state index contributed by atoms with van der Waals surface area (Å²) in [6.45, 7) is 1.95. The summed E-state index contributed by atoms with van der Waals surface area (Å²) in [6.07, 6.45) is 2.63. The van der Waals surface area contributed by atoms with Gasteiger partial charge >= 0.3 is 12.0 Å². The second-order valence-electron chi connectivity index (χ2n) is 5.06. The Morgan fingerprint density at radius 1 is 1.33 bits per heavy atom. The van der Waals surface area contributed by atoms with Crippen molar-refractivity contribution in [2.45, 2.75) is 44.8 Å². The van der Waals surface area contributed by atoms with E-state index in [0.717, 1.165) is 25.7 Å². The van der Waals surface area contributed by atoms with Crippen LogP contribution < -0.4 is 5.32 Å². The molecule has 0 heterocycles. The summed E-state index contributed by atoms with van der Waals surface area (Å²) >= 11 is 0. The third kappa shape index (κ3) is 4.18. The summed E-state index contributed by atoms with van der Waals surface area (Å²) in [4.78, 5) is 23.8. The van der Waals surface area contributed by atoms with Crippen LogP contribution in [-0.2, 0) is 4.79 Å². The monoisotopic (exact) mass is 258 g/mol. The number of aliphatic hydroxyl groups is 1. The van der Waals surface area contributed by atoms with E-state index in [1.165, 1.54) is 0 Å². The van der Waals surface area contributed by atoms with Crippen molar-refractivity contribution in [3.8, 4) is 0 Å². The third-order valence-corrected chi connectivity index (χ3v) is 3.59. The van der Waals surface area contributed by atoms with Crippen molar-refractivity contribution in [3.05, 3.63) is 0 Å². The molecule has 1 fully saturated rings. The van der Waals surface area contributed by atoms with Crippen molar-refractivity contribution in [1.82, 2.24) is 10.2 Å². The fraction of sp³-hybridized carbons (Fsp3) is 0.833. The number of nitrogens with one attached hydrogen (secondary N) is 1. The Kier molecular flexibility index (Phi) is 5.40. The van der Waals surface area contributed by atoms with Crippen molar-refractivity contribution in [3.63, 3.8) is 0 Å². The van der Waals surface area contributed by atoms with Gasteiger partial charge in [-0.05, 0) is 31.6 Å². The van der Waals surface area contributed by atoms with Crippen LogP contribution in [-0.4, -0.2) is 52.9 Å². The van der Waals surface area contributed by atoms with E-state index >= 15 is 0 Å². The maximum Gasteiger partial charge on any atom is 0.334 e. The van der Waals surface area contributed by atoms with Gasteiger partial charge in [-0.25, -0.2) is 9.59 Å². The first-order valence-electron chi connectivity index (χ1n) is 6.33. The van der Waals surface area contributed by atoms with Crippen LogP contribution >= 0.6 is 0 Å². The molecule has 1 atom stereocenters. The van der Waals surface area contributed by atoms with Crippen LogP contribution in [0.1, 0.15) is 32.6 Å². The van der Waals surface area contributed by atoms with Gasteiger partial charge in [0.2, 0.25) is 0 Å². The highest BCUT2D eigenvalue weighted by Crippen LogP contribution is 2.26. The number of rotatable bonds is 4. The molecule has 6 nitrogen and oxygen atoms in total. The second-order valence-corrected chi connectivity index (χ2v) is 5.06. The summed E-state index contributed by atoms with van der Waals surface area (Å²) in [7, 11) is 1.71. The van der Waals surface area contributed by atoms with E-state index in [1.54, 1.807) is 11.9 Å². The first-order valence-corrected chi connectivity index (χ1v) is 6.33. The van der Waals surface area contributed by atoms with E-state index < -0.39 is 12.1 Å². The Morgan fingerprint density at radius 2 is 1.89 bits per heavy atom. The molecule has 3 N–H and O–H groups in total. The molecule has 18 heavy (non-hydrogen) atoms. The van der Waals surface area contributed by atoms with Gasteiger partial charge in [0.05, 0.1) is 6.54 Å². The van der Waals surface area contributed by atoms with Crippen LogP contribution in [0.3, 0.4) is 0 Å². The quantitative estimate of drug-likeness (QED) is 0.690. The summed E-state index contributed by atoms with van der Waals surface area (Å²) in [6, 6.07) is -0.113. The minimum absolute atomic E-state index is 0.211. The number of carbonyl (C=O) groups is 2. The van der Waals surface area contributed by atoms with Crippen molar-refractivity contribution in [2.24, 2.45) is 5.92 Å². The number of carboxylic acids is 1. The van der Waals surface area contributed by atoms with Crippen LogP contribution in [0.2, 0.25) is 0 Å². The van der Waals surface area contributed by atoms with E-state index in [1.807, 2.05) is 0 Å². The first kappa shape index (κ1) is 14.8. The fourth-order valence-corrected chi connectivity index (χ4v) is 2.19. The van der Waals surface area contributed by atoms with E-state index in [-0.39, 0.29) is 18.6 Å². The predicted octanol–water partition coefficient (Wildman–Crippen LogP) is 0.652. The lowest BCUT2D eigenvalue weighted by atomic mass is 9.87. The maximum atomic E-state index is 11.8. The summed E-state index contributed by atoms with van der Waals surface area (Å²) in [5, 5.41) is 20.0. The average molecular weight is 258 g/mol. The fourth-order valence-electron chi connectivity index (χ4n) is 2.19. The molecule has 0 bridgehead atoms. The Hall–Kier alpha value is -1.30. The molecule has 0 radical (unpaired) electrons. The zero-order valence-electron chi connectivity index (χ0n) is 10.9. The second kappa shape index (κ2) is 6.58. The number of urea groups is 1. The molecule has 0 saturated heterocycles. The Bertz CT molecular complexity index is 300. The summed E-state index contributed by atoms with van der Waals surface area (Å²) in [5.41, 5.74) is 0. The molecule has 0 unspecified atom stereocenters. The smallest absolute Gasteiger partial charge is 0.334 e. The van der Waals surface area contributed by atoms with Gasteiger partial charge in [0.15, 0.2) is 6.10 Å². The molecule has 0 aromatic carbocycles. The zero-order valence-corrected chi connectivity index (χ0v) is 10.9. The van der Waals surface area contributed by atoms with E-state index in [9.17, 15) is 9.59 Å². The number of nitrogens with zero attached hydrogens (tertiary/aromatic N) is 1. The number of hydrogen-bond acceptors (Lipinski definition) is 3. The van der Waals surface area contributed by atoms with Crippen LogP contribution in [0.25, 0.3) is 0 Å². The summed E-state index contributed by atoms with van der Waals surface area (Å²) < 4.78 is 0. The van der Waals surface area contributed by atoms with E-state index in [2.05, 4.69) is 12.2 Å². The minimum atomic E-state index is -1.55. The Balaban J connectivity index is 2.35. The molecule has 1 aliphatic carbocycles. The Morgan fingerprint density at radius 3 is 2.39 bits per heavy atom. The Labute approximate surface area is 107 Å². The number of aliphatic hydroxyl groups excluding tert-OH is 1. The highest BCUT2D eigenvalue weighted by Gasteiger charge is 2.25. The molecular weight excluding hydrogens is 236 g/mol. The van der Waals surface area contributed by atoms with Gasteiger partial charge < -0.3 is 20.4 Å². The SMILES string of the molecule is CC1CCC(N(C)C(=O)NC[C@H](O)C(=O)O)CC1. The predicted molar refractivity (Wildman–Crippen MR) is 66.2 cm³/mol. The largest absolute Gasteiger partial charge is 0.479 e. The highest BCUT2D eigenvalue weighted by atomic mass is 16.4. The van der Waals surface area contributed by atoms with Crippen LogP contribution in [0, 0.1) is 5.92 Å². The molecule has 0 spiro atoms. The van der Waals surface area contributed by atoms with Crippen LogP contribution in [0.4, 0.5) is 4.79 Å². The normalized spacial score (nSPS) is 25.3. The number of carbonyl (C=O) groups excluding carboxylic acids is 1. The van der Waals surface area contributed by atoms with Crippen molar-refractivity contribution in [2.75, 3.05) is 13.6 Å². The standard InChI is InChI=1S/C12H22N2O4/c1-8-3-5-9(6-4-8)14(2)12(18)13-7-10(15)11(16)17/h8-10,15H,3-7H2,1-2H3,(H,13,18)(H,16,17)/t8?,9?,10-/m0/s1. The van der Waals surface area contributed by atoms with Gasteiger partial charge in [-0.15, -0.1) is 0 Å².